The highest BCUT2D eigenvalue weighted by Crippen LogP contribution is 2.45. The molecule has 0 unspecified atom stereocenters. The number of hydrogen-bond donors (Lipinski definition) is 1. The van der Waals surface area contributed by atoms with Crippen molar-refractivity contribution in [3.05, 3.63) is 51.7 Å². The SMILES string of the molecule is CC(C)(C)c1ccc2c(c1)[C@H]1OCCO[C@H]1[C@H](c1ccsc1)N2. The molecule has 0 amide bonds. The molecular formula is C19H23NO2S. The Bertz CT molecular complexity index is 690. The Hall–Kier alpha value is -1.36. The number of rotatable bonds is 1. The molecule has 0 spiro atoms. The standard InChI is InChI=1S/C19H23NO2S/c1-19(2,3)13-4-5-15-14(10-13)17-18(22-8-7-21-17)16(20-15)12-6-9-23-11-12/h4-6,9-11,16-18,20H,7-8H2,1-3H3/t16-,17+,18-/m0/s1. The molecule has 0 saturated carbocycles. The Balaban J connectivity index is 1.78. The average molecular weight is 329 g/mol. The van der Waals surface area contributed by atoms with Gasteiger partial charge >= 0.3 is 0 Å². The van der Waals surface area contributed by atoms with Gasteiger partial charge in [-0.05, 0) is 39.4 Å². The Morgan fingerprint density at radius 2 is 1.96 bits per heavy atom. The molecule has 2 aliphatic rings. The minimum atomic E-state index is 0.00667. The molecule has 1 saturated heterocycles. The molecular weight excluding hydrogens is 306 g/mol. The van der Waals surface area contributed by atoms with Crippen molar-refractivity contribution in [2.45, 2.75) is 44.4 Å². The summed E-state index contributed by atoms with van der Waals surface area (Å²) in [7, 11) is 0. The monoisotopic (exact) mass is 329 g/mol. The molecule has 122 valence electrons. The van der Waals surface area contributed by atoms with Gasteiger partial charge in [-0.15, -0.1) is 0 Å². The third kappa shape index (κ3) is 2.69. The maximum absolute atomic E-state index is 6.14. The van der Waals surface area contributed by atoms with E-state index in [0.717, 1.165) is 0 Å². The predicted molar refractivity (Wildman–Crippen MR) is 94.3 cm³/mol. The zero-order valence-electron chi connectivity index (χ0n) is 13.8. The van der Waals surface area contributed by atoms with Crippen LogP contribution < -0.4 is 5.32 Å². The lowest BCUT2D eigenvalue weighted by atomic mass is 9.82. The number of nitrogens with one attached hydrogen (secondary N) is 1. The second-order valence-electron chi connectivity index (χ2n) is 7.36. The zero-order chi connectivity index (χ0) is 16.0. The van der Waals surface area contributed by atoms with E-state index in [-0.39, 0.29) is 23.7 Å². The van der Waals surface area contributed by atoms with E-state index < -0.39 is 0 Å². The average Bonchev–Trinajstić information content (AvgIpc) is 3.07. The Morgan fingerprint density at radius 3 is 2.70 bits per heavy atom. The molecule has 4 rings (SSSR count). The van der Waals surface area contributed by atoms with Crippen molar-refractivity contribution in [2.75, 3.05) is 18.5 Å². The lowest BCUT2D eigenvalue weighted by Gasteiger charge is -2.43. The van der Waals surface area contributed by atoms with Crippen molar-refractivity contribution in [3.63, 3.8) is 0 Å². The van der Waals surface area contributed by atoms with Gasteiger partial charge in [-0.25, -0.2) is 0 Å². The van der Waals surface area contributed by atoms with Crippen LogP contribution in [0.3, 0.4) is 0 Å². The second-order valence-corrected chi connectivity index (χ2v) is 8.14. The number of benzene rings is 1. The number of hydrogen-bond acceptors (Lipinski definition) is 4. The Labute approximate surface area is 141 Å². The van der Waals surface area contributed by atoms with Gasteiger partial charge in [-0.1, -0.05) is 32.9 Å². The summed E-state index contributed by atoms with van der Waals surface area (Å²) in [5, 5.41) is 7.99. The first-order valence-corrected chi connectivity index (χ1v) is 9.14. The van der Waals surface area contributed by atoms with Crippen LogP contribution >= 0.6 is 11.3 Å². The number of thiophene rings is 1. The van der Waals surface area contributed by atoms with E-state index in [1.165, 1.54) is 22.4 Å². The largest absolute Gasteiger partial charge is 0.375 e. The van der Waals surface area contributed by atoms with Crippen LogP contribution in [0.25, 0.3) is 0 Å². The normalized spacial score (nSPS) is 27.0. The topological polar surface area (TPSA) is 30.5 Å². The van der Waals surface area contributed by atoms with Crippen LogP contribution in [0.15, 0.2) is 35.0 Å². The molecule has 3 heterocycles. The first-order valence-electron chi connectivity index (χ1n) is 8.20. The van der Waals surface area contributed by atoms with E-state index >= 15 is 0 Å². The summed E-state index contributed by atoms with van der Waals surface area (Å²) in [5.41, 5.74) is 5.14. The second kappa shape index (κ2) is 5.62. The molecule has 1 aromatic carbocycles. The van der Waals surface area contributed by atoms with Crippen molar-refractivity contribution in [1.82, 2.24) is 0 Å². The highest BCUT2D eigenvalue weighted by molar-refractivity contribution is 7.08. The fourth-order valence-corrected chi connectivity index (χ4v) is 4.15. The fraction of sp³-hybridized carbons (Fsp3) is 0.474. The summed E-state index contributed by atoms with van der Waals surface area (Å²) < 4.78 is 12.3. The minimum Gasteiger partial charge on any atom is -0.375 e. The molecule has 0 bridgehead atoms. The van der Waals surface area contributed by atoms with Crippen LogP contribution in [0.2, 0.25) is 0 Å². The summed E-state index contributed by atoms with van der Waals surface area (Å²) in [6, 6.07) is 9.04. The zero-order valence-corrected chi connectivity index (χ0v) is 14.7. The van der Waals surface area contributed by atoms with Crippen molar-refractivity contribution in [1.29, 1.82) is 0 Å². The first kappa shape index (κ1) is 15.2. The van der Waals surface area contributed by atoms with E-state index in [0.29, 0.717) is 13.2 Å². The van der Waals surface area contributed by atoms with Gasteiger partial charge in [0, 0.05) is 11.3 Å². The van der Waals surface area contributed by atoms with Gasteiger partial charge in [0.1, 0.15) is 12.2 Å². The van der Waals surface area contributed by atoms with Crippen molar-refractivity contribution >= 4 is 17.0 Å². The van der Waals surface area contributed by atoms with Gasteiger partial charge in [-0.3, -0.25) is 0 Å². The molecule has 1 aromatic heterocycles. The molecule has 0 aliphatic carbocycles. The molecule has 3 nitrogen and oxygen atoms in total. The summed E-state index contributed by atoms with van der Waals surface area (Å²) in [5.74, 6) is 0. The maximum Gasteiger partial charge on any atom is 0.113 e. The van der Waals surface area contributed by atoms with Gasteiger partial charge < -0.3 is 14.8 Å². The molecule has 1 fully saturated rings. The van der Waals surface area contributed by atoms with E-state index in [4.69, 9.17) is 9.47 Å². The third-order valence-corrected chi connectivity index (χ3v) is 5.46. The molecule has 2 aliphatic heterocycles. The van der Waals surface area contributed by atoms with E-state index in [1.54, 1.807) is 11.3 Å². The summed E-state index contributed by atoms with van der Waals surface area (Å²) in [6.07, 6.45) is 0.0354. The highest BCUT2D eigenvalue weighted by Gasteiger charge is 2.41. The van der Waals surface area contributed by atoms with Crippen LogP contribution in [0.4, 0.5) is 5.69 Å². The van der Waals surface area contributed by atoms with Crippen LogP contribution in [0.1, 0.15) is 49.6 Å². The van der Waals surface area contributed by atoms with Gasteiger partial charge in [0.25, 0.3) is 0 Å². The van der Waals surface area contributed by atoms with E-state index in [1.807, 2.05) is 0 Å². The lowest BCUT2D eigenvalue weighted by Crippen LogP contribution is -2.43. The Kier molecular flexibility index (Phi) is 3.71. The van der Waals surface area contributed by atoms with Crippen molar-refractivity contribution in [3.8, 4) is 0 Å². The first-order chi connectivity index (χ1) is 11.0. The summed E-state index contributed by atoms with van der Waals surface area (Å²) in [6.45, 7) is 8.06. The highest BCUT2D eigenvalue weighted by atomic mass is 32.1. The van der Waals surface area contributed by atoms with E-state index in [2.05, 4.69) is 61.1 Å². The maximum atomic E-state index is 6.14. The lowest BCUT2D eigenvalue weighted by molar-refractivity contribution is -0.151. The van der Waals surface area contributed by atoms with Crippen LogP contribution in [-0.4, -0.2) is 19.3 Å². The molecule has 0 radical (unpaired) electrons. The fourth-order valence-electron chi connectivity index (χ4n) is 3.45. The van der Waals surface area contributed by atoms with Gasteiger partial charge in [0.05, 0.1) is 19.3 Å². The van der Waals surface area contributed by atoms with Gasteiger partial charge in [-0.2, -0.15) is 11.3 Å². The van der Waals surface area contributed by atoms with Gasteiger partial charge in [0.15, 0.2) is 0 Å². The number of fused-ring (bicyclic) bond motifs is 3. The molecule has 3 atom stereocenters. The summed E-state index contributed by atoms with van der Waals surface area (Å²) in [4.78, 5) is 0. The smallest absolute Gasteiger partial charge is 0.113 e. The van der Waals surface area contributed by atoms with Crippen molar-refractivity contribution < 1.29 is 9.47 Å². The quantitative estimate of drug-likeness (QED) is 0.825. The van der Waals surface area contributed by atoms with Crippen LogP contribution in [0, 0.1) is 0 Å². The van der Waals surface area contributed by atoms with Crippen LogP contribution in [0.5, 0.6) is 0 Å². The van der Waals surface area contributed by atoms with Crippen molar-refractivity contribution in [2.24, 2.45) is 0 Å². The van der Waals surface area contributed by atoms with Crippen LogP contribution in [-0.2, 0) is 14.9 Å². The van der Waals surface area contributed by atoms with Gasteiger partial charge in [0.2, 0.25) is 0 Å². The number of anilines is 1. The Morgan fingerprint density at radius 1 is 1.13 bits per heavy atom. The predicted octanol–water partition coefficient (Wildman–Crippen LogP) is 4.67. The number of ether oxygens (including phenoxy) is 2. The minimum absolute atomic E-state index is 0.00667. The molecule has 2 aromatic rings. The molecule has 23 heavy (non-hydrogen) atoms. The molecule has 4 heteroatoms. The van der Waals surface area contributed by atoms with E-state index in [9.17, 15) is 0 Å². The molecule has 1 N–H and O–H groups in total. The summed E-state index contributed by atoms with van der Waals surface area (Å²) >= 11 is 1.72. The third-order valence-electron chi connectivity index (χ3n) is 4.76.